The first-order chi connectivity index (χ1) is 11.8. The van der Waals surface area contributed by atoms with Crippen molar-refractivity contribution in [3.63, 3.8) is 0 Å². The summed E-state index contributed by atoms with van der Waals surface area (Å²) < 4.78 is 0. The summed E-state index contributed by atoms with van der Waals surface area (Å²) in [5, 5.41) is 0. The Morgan fingerprint density at radius 2 is 1.04 bits per heavy atom. The quantitative estimate of drug-likeness (QED) is 0.158. The molecule has 0 unspecified atom stereocenters. The maximum atomic E-state index is 11.8. The van der Waals surface area contributed by atoms with Crippen LogP contribution in [0.5, 0.6) is 0 Å². The van der Waals surface area contributed by atoms with Gasteiger partial charge in [0, 0.05) is 19.3 Å². The van der Waals surface area contributed by atoms with Gasteiger partial charge in [0.2, 0.25) is 0 Å². The molecule has 0 aromatic rings. The van der Waals surface area contributed by atoms with Crippen LogP contribution in [0.4, 0.5) is 0 Å². The molecule has 0 aliphatic carbocycles. The number of hydrogen-bond donors (Lipinski definition) is 0. The average Bonchev–Trinajstić information content (AvgIpc) is 2.59. The van der Waals surface area contributed by atoms with Crippen LogP contribution in [0.15, 0.2) is 24.3 Å². The Morgan fingerprint density at radius 3 is 1.50 bits per heavy atom. The van der Waals surface area contributed by atoms with Crippen molar-refractivity contribution in [1.29, 1.82) is 0 Å². The summed E-state index contributed by atoms with van der Waals surface area (Å²) >= 11 is 0. The van der Waals surface area contributed by atoms with E-state index >= 15 is 0 Å². The van der Waals surface area contributed by atoms with Crippen LogP contribution < -0.4 is 0 Å². The summed E-state index contributed by atoms with van der Waals surface area (Å²) in [5.41, 5.74) is 0. The van der Waals surface area contributed by atoms with Crippen LogP contribution in [0, 0.1) is 0 Å². The molecular formula is C22H38O2. The zero-order chi connectivity index (χ0) is 17.7. The minimum absolute atomic E-state index is 0.433. The van der Waals surface area contributed by atoms with E-state index in [0.717, 1.165) is 76.9 Å². The van der Waals surface area contributed by atoms with Crippen LogP contribution in [0.3, 0.4) is 0 Å². The molecule has 0 rings (SSSR count). The molecule has 2 nitrogen and oxygen atoms in total. The molecule has 0 radical (unpaired) electrons. The number of ketones is 1. The lowest BCUT2D eigenvalue weighted by Crippen LogP contribution is -1.97. The Morgan fingerprint density at radius 1 is 0.625 bits per heavy atom. The van der Waals surface area contributed by atoms with E-state index in [1.807, 2.05) is 0 Å². The van der Waals surface area contributed by atoms with Crippen molar-refractivity contribution < 1.29 is 9.59 Å². The number of aldehydes is 1. The zero-order valence-electron chi connectivity index (χ0n) is 15.8. The molecule has 0 spiro atoms. The first kappa shape index (κ1) is 22.8. The number of Topliss-reactive ketones (excluding diaryl/α,β-unsaturated/α-hetero) is 1. The molecule has 0 bridgehead atoms. The molecule has 0 saturated heterocycles. The van der Waals surface area contributed by atoms with Crippen molar-refractivity contribution in [2.75, 3.05) is 0 Å². The molecule has 24 heavy (non-hydrogen) atoms. The second-order valence-electron chi connectivity index (χ2n) is 6.57. The molecule has 0 aromatic carbocycles. The largest absolute Gasteiger partial charge is 0.303 e. The topological polar surface area (TPSA) is 34.1 Å². The zero-order valence-corrected chi connectivity index (χ0v) is 15.8. The van der Waals surface area contributed by atoms with Crippen LogP contribution in [-0.2, 0) is 9.59 Å². The second-order valence-corrected chi connectivity index (χ2v) is 6.57. The summed E-state index contributed by atoms with van der Waals surface area (Å²) in [5.74, 6) is 0.433. The molecule has 138 valence electrons. The molecule has 0 N–H and O–H groups in total. The van der Waals surface area contributed by atoms with Crippen LogP contribution in [-0.4, -0.2) is 12.1 Å². The van der Waals surface area contributed by atoms with Gasteiger partial charge in [-0.25, -0.2) is 0 Å². The van der Waals surface area contributed by atoms with Crippen molar-refractivity contribution in [3.05, 3.63) is 24.3 Å². The number of unbranched alkanes of at least 4 members (excludes halogenated alkanes) is 9. The van der Waals surface area contributed by atoms with Gasteiger partial charge in [-0.05, 0) is 64.2 Å². The fraction of sp³-hybridized carbons (Fsp3) is 0.727. The summed E-state index contributed by atoms with van der Waals surface area (Å²) in [4.78, 5) is 22.0. The van der Waals surface area contributed by atoms with Gasteiger partial charge in [0.25, 0.3) is 0 Å². The van der Waals surface area contributed by atoms with Gasteiger partial charge < -0.3 is 4.79 Å². The second kappa shape index (κ2) is 19.9. The van der Waals surface area contributed by atoms with Gasteiger partial charge in [-0.2, -0.15) is 0 Å². The third kappa shape index (κ3) is 18.9. The number of carbonyl (C=O) groups is 2. The summed E-state index contributed by atoms with van der Waals surface area (Å²) in [6.07, 6.45) is 25.6. The molecule has 0 aromatic heterocycles. The fourth-order valence-electron chi connectivity index (χ4n) is 2.58. The van der Waals surface area contributed by atoms with Crippen molar-refractivity contribution in [1.82, 2.24) is 0 Å². The summed E-state index contributed by atoms with van der Waals surface area (Å²) in [6, 6.07) is 0. The van der Waals surface area contributed by atoms with E-state index < -0.39 is 0 Å². The van der Waals surface area contributed by atoms with E-state index in [-0.39, 0.29) is 0 Å². The lowest BCUT2D eigenvalue weighted by molar-refractivity contribution is -0.119. The fourth-order valence-corrected chi connectivity index (χ4v) is 2.58. The van der Waals surface area contributed by atoms with Gasteiger partial charge in [0.1, 0.15) is 12.1 Å². The van der Waals surface area contributed by atoms with Crippen molar-refractivity contribution >= 4 is 12.1 Å². The Bertz CT molecular complexity index is 342. The van der Waals surface area contributed by atoms with E-state index in [2.05, 4.69) is 31.2 Å². The van der Waals surface area contributed by atoms with Gasteiger partial charge >= 0.3 is 0 Å². The average molecular weight is 335 g/mol. The number of hydrogen-bond acceptors (Lipinski definition) is 2. The summed E-state index contributed by atoms with van der Waals surface area (Å²) in [6.45, 7) is 2.22. The highest BCUT2D eigenvalue weighted by molar-refractivity contribution is 5.78. The smallest absolute Gasteiger partial charge is 0.132 e. The monoisotopic (exact) mass is 334 g/mol. The standard InChI is InChI=1S/C22H38O2/c1-2-3-4-5-6-10-13-16-19-22(24)20-17-14-11-8-7-9-12-15-18-21-23/h5-8,21H,2-4,9-20H2,1H3/b6-5+,8-7+. The minimum atomic E-state index is 0.433. The lowest BCUT2D eigenvalue weighted by Gasteiger charge is -2.00. The predicted molar refractivity (Wildman–Crippen MR) is 104 cm³/mol. The molecule has 0 heterocycles. The molecule has 0 saturated carbocycles. The van der Waals surface area contributed by atoms with Gasteiger partial charge in [0.15, 0.2) is 0 Å². The maximum absolute atomic E-state index is 11.8. The van der Waals surface area contributed by atoms with Gasteiger partial charge in [-0.15, -0.1) is 0 Å². The molecule has 2 heteroatoms. The first-order valence-corrected chi connectivity index (χ1v) is 10.1. The van der Waals surface area contributed by atoms with E-state index in [4.69, 9.17) is 0 Å². The molecule has 0 amide bonds. The molecule has 0 aliphatic heterocycles. The minimum Gasteiger partial charge on any atom is -0.303 e. The third-order valence-corrected chi connectivity index (χ3v) is 4.15. The van der Waals surface area contributed by atoms with E-state index in [1.54, 1.807) is 0 Å². The van der Waals surface area contributed by atoms with Crippen molar-refractivity contribution in [2.45, 2.75) is 103 Å². The highest BCUT2D eigenvalue weighted by Gasteiger charge is 2.00. The van der Waals surface area contributed by atoms with Crippen LogP contribution in [0.25, 0.3) is 0 Å². The highest BCUT2D eigenvalue weighted by atomic mass is 16.1. The lowest BCUT2D eigenvalue weighted by atomic mass is 10.1. The Kier molecular flexibility index (Phi) is 18.9. The van der Waals surface area contributed by atoms with Crippen LogP contribution in [0.1, 0.15) is 103 Å². The van der Waals surface area contributed by atoms with Gasteiger partial charge in [-0.1, -0.05) is 44.1 Å². The maximum Gasteiger partial charge on any atom is 0.132 e. The van der Waals surface area contributed by atoms with Crippen LogP contribution >= 0.6 is 0 Å². The molecule has 0 atom stereocenters. The molecule has 0 fully saturated rings. The normalized spacial score (nSPS) is 11.5. The Balaban J connectivity index is 3.30. The van der Waals surface area contributed by atoms with Crippen molar-refractivity contribution in [3.8, 4) is 0 Å². The highest BCUT2D eigenvalue weighted by Crippen LogP contribution is 2.08. The molecule has 0 aliphatic rings. The van der Waals surface area contributed by atoms with E-state index in [0.29, 0.717) is 12.2 Å². The SMILES string of the molecule is CCCC/C=C/CCCCC(=O)CCCC/C=C/CCCCC=O. The summed E-state index contributed by atoms with van der Waals surface area (Å²) in [7, 11) is 0. The van der Waals surface area contributed by atoms with E-state index in [9.17, 15) is 9.59 Å². The van der Waals surface area contributed by atoms with Gasteiger partial charge in [-0.3, -0.25) is 4.79 Å². The molecular weight excluding hydrogens is 296 g/mol. The predicted octanol–water partition coefficient (Wildman–Crippen LogP) is 6.74. The number of carbonyl (C=O) groups excluding carboxylic acids is 2. The first-order valence-electron chi connectivity index (χ1n) is 10.1. The van der Waals surface area contributed by atoms with E-state index in [1.165, 1.54) is 19.3 Å². The van der Waals surface area contributed by atoms with Crippen LogP contribution in [0.2, 0.25) is 0 Å². The number of rotatable bonds is 18. The Hall–Kier alpha value is -1.18. The van der Waals surface area contributed by atoms with Gasteiger partial charge in [0.05, 0.1) is 0 Å². The third-order valence-electron chi connectivity index (χ3n) is 4.15. The Labute approximate surface area is 149 Å². The number of allylic oxidation sites excluding steroid dienone is 4. The van der Waals surface area contributed by atoms with Crippen molar-refractivity contribution in [2.24, 2.45) is 0 Å².